The molecule has 0 N–H and O–H groups in total. The summed E-state index contributed by atoms with van der Waals surface area (Å²) < 4.78 is 48.4. The highest BCUT2D eigenvalue weighted by Crippen LogP contribution is 2.31. The first-order valence-electron chi connectivity index (χ1n) is 11.5. The van der Waals surface area contributed by atoms with Crippen molar-refractivity contribution in [1.29, 1.82) is 0 Å². The Hall–Kier alpha value is -2.33. The van der Waals surface area contributed by atoms with Crippen molar-refractivity contribution < 1.29 is 17.5 Å². The van der Waals surface area contributed by atoms with E-state index >= 15 is 0 Å². The topological polar surface area (TPSA) is 67.7 Å². The minimum absolute atomic E-state index is 0.229. The Bertz CT molecular complexity index is 1230. The third-order valence-corrected chi connectivity index (χ3v) is 8.32. The maximum atomic E-state index is 13.3. The molecule has 0 spiro atoms. The molecular weight excluding hydrogens is 443 g/mol. The Kier molecular flexibility index (Phi) is 6.22. The molecule has 9 heteroatoms. The molecule has 1 aliphatic heterocycles. The van der Waals surface area contributed by atoms with Gasteiger partial charge >= 0.3 is 0 Å². The van der Waals surface area contributed by atoms with E-state index in [9.17, 15) is 12.8 Å². The molecule has 0 atom stereocenters. The van der Waals surface area contributed by atoms with Crippen molar-refractivity contribution in [2.45, 2.75) is 50.3 Å². The number of aromatic nitrogens is 2. The minimum Gasteiger partial charge on any atom is -0.379 e. The average molecular weight is 473 g/mol. The normalized spacial score (nSPS) is 17.8. The van der Waals surface area contributed by atoms with E-state index in [1.165, 1.54) is 16.4 Å². The van der Waals surface area contributed by atoms with Crippen molar-refractivity contribution >= 4 is 21.1 Å². The Balaban J connectivity index is 1.43. The number of aryl methyl sites for hydroxylation is 1. The smallest absolute Gasteiger partial charge is 0.243 e. The number of nitrogens with zero attached hydrogens (tertiary/aromatic N) is 4. The predicted octanol–water partition coefficient (Wildman–Crippen LogP) is 3.38. The number of sulfonamides is 1. The average Bonchev–Trinajstić information content (AvgIpc) is 3.62. The molecule has 2 aromatic carbocycles. The van der Waals surface area contributed by atoms with Crippen molar-refractivity contribution in [2.24, 2.45) is 0 Å². The van der Waals surface area contributed by atoms with Gasteiger partial charge < -0.3 is 9.30 Å². The first-order chi connectivity index (χ1) is 16.0. The lowest BCUT2D eigenvalue weighted by Crippen LogP contribution is -2.40. The fraction of sp³-hybridized carbons (Fsp3) is 0.458. The second-order valence-corrected chi connectivity index (χ2v) is 10.6. The van der Waals surface area contributed by atoms with Gasteiger partial charge in [0.1, 0.15) is 11.6 Å². The molecule has 33 heavy (non-hydrogen) atoms. The van der Waals surface area contributed by atoms with Gasteiger partial charge in [-0.05, 0) is 55.7 Å². The van der Waals surface area contributed by atoms with Gasteiger partial charge in [-0.15, -0.1) is 0 Å². The zero-order chi connectivity index (χ0) is 23.0. The van der Waals surface area contributed by atoms with Gasteiger partial charge in [0.15, 0.2) is 0 Å². The summed E-state index contributed by atoms with van der Waals surface area (Å²) in [5.74, 6) is 0.690. The summed E-state index contributed by atoms with van der Waals surface area (Å²) in [7, 11) is -3.57. The van der Waals surface area contributed by atoms with Crippen LogP contribution >= 0.6 is 0 Å². The molecule has 1 saturated carbocycles. The van der Waals surface area contributed by atoms with Crippen LogP contribution in [-0.4, -0.2) is 59.5 Å². The molecule has 0 unspecified atom stereocenters. The largest absolute Gasteiger partial charge is 0.379 e. The number of rotatable bonds is 8. The van der Waals surface area contributed by atoms with Crippen LogP contribution in [0.4, 0.5) is 4.39 Å². The van der Waals surface area contributed by atoms with Crippen LogP contribution in [0.2, 0.25) is 0 Å². The van der Waals surface area contributed by atoms with Gasteiger partial charge in [0.05, 0.1) is 35.7 Å². The van der Waals surface area contributed by atoms with E-state index in [2.05, 4.69) is 16.4 Å². The quantitative estimate of drug-likeness (QED) is 0.503. The third-order valence-electron chi connectivity index (χ3n) is 6.43. The second kappa shape index (κ2) is 9.13. The van der Waals surface area contributed by atoms with Gasteiger partial charge in [0.25, 0.3) is 0 Å². The van der Waals surface area contributed by atoms with Crippen LogP contribution in [0, 0.1) is 5.82 Å². The Morgan fingerprint density at radius 1 is 1.09 bits per heavy atom. The molecule has 0 bridgehead atoms. The number of benzene rings is 2. The lowest BCUT2D eigenvalue weighted by atomic mass is 10.2. The summed E-state index contributed by atoms with van der Waals surface area (Å²) in [5, 5.41) is 0. The minimum atomic E-state index is -3.57. The van der Waals surface area contributed by atoms with Crippen LogP contribution in [0.15, 0.2) is 47.4 Å². The van der Waals surface area contributed by atoms with Crippen molar-refractivity contribution in [3.63, 3.8) is 0 Å². The SMILES string of the molecule is CCn1c(CN(Cc2ccc(F)cc2)C2CC2)nc2cc(S(=O)(=O)N3CCOCC3)ccc21. The number of halogens is 1. The van der Waals surface area contributed by atoms with E-state index < -0.39 is 10.0 Å². The number of fused-ring (bicyclic) bond motifs is 1. The summed E-state index contributed by atoms with van der Waals surface area (Å²) in [6, 6.07) is 12.4. The Labute approximate surface area is 193 Å². The highest BCUT2D eigenvalue weighted by atomic mass is 32.2. The fourth-order valence-corrected chi connectivity index (χ4v) is 5.92. The fourth-order valence-electron chi connectivity index (χ4n) is 4.49. The van der Waals surface area contributed by atoms with Crippen molar-refractivity contribution in [3.8, 4) is 0 Å². The lowest BCUT2D eigenvalue weighted by molar-refractivity contribution is 0.0730. The first-order valence-corrected chi connectivity index (χ1v) is 13.0. The molecule has 2 heterocycles. The highest BCUT2D eigenvalue weighted by molar-refractivity contribution is 7.89. The number of hydrogen-bond donors (Lipinski definition) is 0. The Morgan fingerprint density at radius 3 is 2.48 bits per heavy atom. The maximum Gasteiger partial charge on any atom is 0.243 e. The summed E-state index contributed by atoms with van der Waals surface area (Å²) in [6.07, 6.45) is 2.30. The van der Waals surface area contributed by atoms with Gasteiger partial charge in [-0.2, -0.15) is 4.31 Å². The molecule has 3 aromatic rings. The number of ether oxygens (including phenoxy) is 1. The van der Waals surface area contributed by atoms with E-state index in [4.69, 9.17) is 9.72 Å². The molecule has 0 amide bonds. The monoisotopic (exact) mass is 472 g/mol. The highest BCUT2D eigenvalue weighted by Gasteiger charge is 2.31. The third kappa shape index (κ3) is 4.68. The van der Waals surface area contributed by atoms with Crippen LogP contribution in [-0.2, 0) is 34.4 Å². The van der Waals surface area contributed by atoms with Gasteiger partial charge in [0, 0.05) is 32.2 Å². The standard InChI is InChI=1S/C24H29FN4O3S/c1-2-29-23-10-9-21(33(30,31)28-11-13-32-14-12-28)15-22(23)26-24(29)17-27(20-7-8-20)16-18-3-5-19(25)6-4-18/h3-6,9-10,15,20H,2,7-8,11-14,16-17H2,1H3. The molecule has 1 aromatic heterocycles. The van der Waals surface area contributed by atoms with Crippen LogP contribution in [0.3, 0.4) is 0 Å². The molecule has 176 valence electrons. The second-order valence-electron chi connectivity index (χ2n) is 8.70. The van der Waals surface area contributed by atoms with E-state index in [1.54, 1.807) is 12.1 Å². The van der Waals surface area contributed by atoms with Crippen LogP contribution in [0.5, 0.6) is 0 Å². The molecule has 7 nitrogen and oxygen atoms in total. The van der Waals surface area contributed by atoms with E-state index in [-0.39, 0.29) is 10.7 Å². The van der Waals surface area contributed by atoms with Crippen LogP contribution < -0.4 is 0 Å². The zero-order valence-corrected chi connectivity index (χ0v) is 19.6. The summed E-state index contributed by atoms with van der Waals surface area (Å²) in [5.41, 5.74) is 2.70. The first kappa shape index (κ1) is 22.5. The van der Waals surface area contributed by atoms with Gasteiger partial charge in [-0.1, -0.05) is 12.1 Å². The van der Waals surface area contributed by atoms with Crippen molar-refractivity contribution in [2.75, 3.05) is 26.3 Å². The van der Waals surface area contributed by atoms with Crippen molar-refractivity contribution in [1.82, 2.24) is 18.8 Å². The van der Waals surface area contributed by atoms with E-state index in [1.807, 2.05) is 18.2 Å². The molecule has 1 saturated heterocycles. The molecule has 1 aliphatic carbocycles. The summed E-state index contributed by atoms with van der Waals surface area (Å²) >= 11 is 0. The summed E-state index contributed by atoms with van der Waals surface area (Å²) in [4.78, 5) is 7.52. The van der Waals surface area contributed by atoms with Gasteiger partial charge in [-0.3, -0.25) is 4.90 Å². The molecule has 2 aliphatic rings. The molecule has 2 fully saturated rings. The van der Waals surface area contributed by atoms with Crippen LogP contribution in [0.25, 0.3) is 11.0 Å². The van der Waals surface area contributed by atoms with Crippen molar-refractivity contribution in [3.05, 3.63) is 59.7 Å². The zero-order valence-electron chi connectivity index (χ0n) is 18.8. The van der Waals surface area contributed by atoms with E-state index in [0.29, 0.717) is 44.4 Å². The maximum absolute atomic E-state index is 13.3. The number of morpholine rings is 1. The lowest BCUT2D eigenvalue weighted by Gasteiger charge is -2.26. The Morgan fingerprint density at radius 2 is 1.82 bits per heavy atom. The number of hydrogen-bond acceptors (Lipinski definition) is 5. The molecule has 5 rings (SSSR count). The molecular formula is C24H29FN4O3S. The van der Waals surface area contributed by atoms with Gasteiger partial charge in [-0.25, -0.2) is 17.8 Å². The van der Waals surface area contributed by atoms with Gasteiger partial charge in [0.2, 0.25) is 10.0 Å². The van der Waals surface area contributed by atoms with Crippen LogP contribution in [0.1, 0.15) is 31.2 Å². The van der Waals surface area contributed by atoms with E-state index in [0.717, 1.165) is 42.8 Å². The summed E-state index contributed by atoms with van der Waals surface area (Å²) in [6.45, 7) is 5.79. The number of imidazole rings is 1. The molecule has 0 radical (unpaired) electrons. The predicted molar refractivity (Wildman–Crippen MR) is 124 cm³/mol.